The van der Waals surface area contributed by atoms with Crippen LogP contribution in [0.15, 0.2) is 29.0 Å². The number of thiophene rings is 1. The summed E-state index contributed by atoms with van der Waals surface area (Å²) in [5.74, 6) is 1.46. The van der Waals surface area contributed by atoms with Gasteiger partial charge < -0.3 is 5.32 Å². The monoisotopic (exact) mass is 365 g/mol. The Balaban J connectivity index is 1.86. The van der Waals surface area contributed by atoms with E-state index in [1.54, 1.807) is 15.9 Å². The first kappa shape index (κ1) is 16.8. The molecule has 0 aliphatic carbocycles. The van der Waals surface area contributed by atoms with Gasteiger partial charge >= 0.3 is 0 Å². The summed E-state index contributed by atoms with van der Waals surface area (Å²) >= 11 is 1.59. The molecule has 1 N–H and O–H groups in total. The SMILES string of the molecule is CC(C)(CCS(C)(=O)=O)Nc1ccc2nnc(-c3ccsc3)n2n1. The van der Waals surface area contributed by atoms with Crippen LogP contribution in [0.2, 0.25) is 0 Å². The first-order valence-electron chi connectivity index (χ1n) is 7.44. The fourth-order valence-electron chi connectivity index (χ4n) is 2.28. The van der Waals surface area contributed by atoms with E-state index in [4.69, 9.17) is 0 Å². The molecule has 3 aromatic rings. The molecule has 3 aromatic heterocycles. The highest BCUT2D eigenvalue weighted by molar-refractivity contribution is 7.90. The number of sulfone groups is 1. The van der Waals surface area contributed by atoms with Gasteiger partial charge in [0, 0.05) is 22.7 Å². The van der Waals surface area contributed by atoms with Gasteiger partial charge in [-0.3, -0.25) is 0 Å². The first-order chi connectivity index (χ1) is 11.2. The lowest BCUT2D eigenvalue weighted by Gasteiger charge is -2.26. The molecule has 0 spiro atoms. The lowest BCUT2D eigenvalue weighted by Crippen LogP contribution is -2.33. The van der Waals surface area contributed by atoms with E-state index < -0.39 is 15.4 Å². The van der Waals surface area contributed by atoms with Crippen molar-refractivity contribution in [3.05, 3.63) is 29.0 Å². The van der Waals surface area contributed by atoms with Crippen LogP contribution in [0.5, 0.6) is 0 Å². The van der Waals surface area contributed by atoms with E-state index in [1.165, 1.54) is 6.26 Å². The Labute approximate surface area is 144 Å². The molecular formula is C15H19N5O2S2. The number of hydrogen-bond acceptors (Lipinski definition) is 7. The topological polar surface area (TPSA) is 89.2 Å². The molecule has 9 heteroatoms. The van der Waals surface area contributed by atoms with Gasteiger partial charge in [0.25, 0.3) is 0 Å². The number of hydrogen-bond donors (Lipinski definition) is 1. The molecule has 0 amide bonds. The van der Waals surface area contributed by atoms with E-state index in [-0.39, 0.29) is 5.75 Å². The van der Waals surface area contributed by atoms with Gasteiger partial charge in [-0.1, -0.05) is 0 Å². The van der Waals surface area contributed by atoms with Crippen molar-refractivity contribution in [2.45, 2.75) is 25.8 Å². The van der Waals surface area contributed by atoms with Crippen LogP contribution in [-0.2, 0) is 9.84 Å². The second kappa shape index (κ2) is 6.14. The van der Waals surface area contributed by atoms with E-state index in [0.717, 1.165) is 5.56 Å². The summed E-state index contributed by atoms with van der Waals surface area (Å²) in [4.78, 5) is 0. The summed E-state index contributed by atoms with van der Waals surface area (Å²) in [6.07, 6.45) is 1.74. The fraction of sp³-hybridized carbons (Fsp3) is 0.400. The van der Waals surface area contributed by atoms with Crippen molar-refractivity contribution in [1.29, 1.82) is 0 Å². The van der Waals surface area contributed by atoms with E-state index in [2.05, 4.69) is 20.6 Å². The van der Waals surface area contributed by atoms with Crippen LogP contribution in [0, 0.1) is 0 Å². The van der Waals surface area contributed by atoms with Crippen molar-refractivity contribution in [2.24, 2.45) is 0 Å². The number of fused-ring (bicyclic) bond motifs is 1. The highest BCUT2D eigenvalue weighted by Gasteiger charge is 2.21. The molecule has 3 heterocycles. The number of anilines is 1. The second-order valence-electron chi connectivity index (χ2n) is 6.41. The minimum atomic E-state index is -3.00. The summed E-state index contributed by atoms with van der Waals surface area (Å²) in [7, 11) is -3.00. The fourth-order valence-corrected chi connectivity index (χ4v) is 3.79. The molecular weight excluding hydrogens is 346 g/mol. The Kier molecular flexibility index (Phi) is 4.31. The third-order valence-electron chi connectivity index (χ3n) is 3.61. The number of aromatic nitrogens is 4. The highest BCUT2D eigenvalue weighted by Crippen LogP contribution is 2.22. The lowest BCUT2D eigenvalue weighted by molar-refractivity contribution is 0.532. The van der Waals surface area contributed by atoms with Gasteiger partial charge in [-0.05, 0) is 43.8 Å². The molecule has 7 nitrogen and oxygen atoms in total. The summed E-state index contributed by atoms with van der Waals surface area (Å²) in [6.45, 7) is 3.91. The van der Waals surface area contributed by atoms with Crippen LogP contribution in [0.3, 0.4) is 0 Å². The van der Waals surface area contributed by atoms with E-state index in [1.807, 2.05) is 42.8 Å². The Morgan fingerprint density at radius 1 is 1.25 bits per heavy atom. The predicted molar refractivity (Wildman–Crippen MR) is 96.1 cm³/mol. The van der Waals surface area contributed by atoms with Crippen LogP contribution < -0.4 is 5.32 Å². The lowest BCUT2D eigenvalue weighted by atomic mass is 10.0. The smallest absolute Gasteiger partial charge is 0.186 e. The maximum Gasteiger partial charge on any atom is 0.186 e. The standard InChI is InChI=1S/C15H19N5O2S2/c1-15(2,7-9-24(3,21)22)16-12-4-5-13-17-18-14(20(13)19-12)11-6-8-23-10-11/h4-6,8,10H,7,9H2,1-3H3,(H,16,19). The van der Waals surface area contributed by atoms with Gasteiger partial charge in [0.2, 0.25) is 0 Å². The molecule has 0 saturated heterocycles. The normalized spacial score (nSPS) is 12.6. The Morgan fingerprint density at radius 2 is 2.04 bits per heavy atom. The van der Waals surface area contributed by atoms with E-state index >= 15 is 0 Å². The Morgan fingerprint density at radius 3 is 2.71 bits per heavy atom. The summed E-state index contributed by atoms with van der Waals surface area (Å²) in [6, 6.07) is 5.63. The Bertz CT molecular complexity index is 946. The highest BCUT2D eigenvalue weighted by atomic mass is 32.2. The van der Waals surface area contributed by atoms with Crippen molar-refractivity contribution in [3.63, 3.8) is 0 Å². The van der Waals surface area contributed by atoms with Crippen LogP contribution in [0.4, 0.5) is 5.82 Å². The first-order valence-corrected chi connectivity index (χ1v) is 10.4. The van der Waals surface area contributed by atoms with Crippen molar-refractivity contribution < 1.29 is 8.42 Å². The second-order valence-corrected chi connectivity index (χ2v) is 9.45. The molecule has 0 aliphatic rings. The largest absolute Gasteiger partial charge is 0.364 e. The summed E-state index contributed by atoms with van der Waals surface area (Å²) in [5, 5.41) is 20.1. The summed E-state index contributed by atoms with van der Waals surface area (Å²) in [5.41, 5.74) is 1.23. The number of nitrogens with zero attached hydrogens (tertiary/aromatic N) is 4. The Hall–Kier alpha value is -2.00. The minimum absolute atomic E-state index is 0.127. The molecule has 0 bridgehead atoms. The molecule has 0 unspecified atom stereocenters. The average Bonchev–Trinajstić information content (AvgIpc) is 3.12. The molecule has 3 rings (SSSR count). The van der Waals surface area contributed by atoms with Crippen molar-refractivity contribution in [2.75, 3.05) is 17.3 Å². The van der Waals surface area contributed by atoms with Crippen molar-refractivity contribution in [3.8, 4) is 11.4 Å². The number of rotatable bonds is 6. The molecule has 24 heavy (non-hydrogen) atoms. The van der Waals surface area contributed by atoms with Gasteiger partial charge in [-0.15, -0.1) is 15.3 Å². The quantitative estimate of drug-likeness (QED) is 0.722. The zero-order valence-electron chi connectivity index (χ0n) is 13.7. The van der Waals surface area contributed by atoms with Crippen molar-refractivity contribution in [1.82, 2.24) is 19.8 Å². The zero-order valence-corrected chi connectivity index (χ0v) is 15.4. The average molecular weight is 365 g/mol. The van der Waals surface area contributed by atoms with E-state index in [9.17, 15) is 8.42 Å². The van der Waals surface area contributed by atoms with Gasteiger partial charge in [0.15, 0.2) is 11.5 Å². The zero-order chi connectivity index (χ0) is 17.4. The predicted octanol–water partition coefficient (Wildman–Crippen LogP) is 2.48. The van der Waals surface area contributed by atoms with Crippen LogP contribution in [0.1, 0.15) is 20.3 Å². The van der Waals surface area contributed by atoms with Crippen molar-refractivity contribution >= 4 is 32.6 Å². The molecule has 0 radical (unpaired) electrons. The molecule has 0 saturated carbocycles. The minimum Gasteiger partial charge on any atom is -0.364 e. The maximum atomic E-state index is 11.4. The van der Waals surface area contributed by atoms with Crippen LogP contribution in [-0.4, -0.2) is 45.8 Å². The third-order valence-corrected chi connectivity index (χ3v) is 5.24. The van der Waals surface area contributed by atoms with Crippen LogP contribution >= 0.6 is 11.3 Å². The maximum absolute atomic E-state index is 11.4. The molecule has 0 aliphatic heterocycles. The molecule has 0 atom stereocenters. The molecule has 128 valence electrons. The van der Waals surface area contributed by atoms with Gasteiger partial charge in [0.05, 0.1) is 5.75 Å². The third kappa shape index (κ3) is 3.90. The van der Waals surface area contributed by atoms with Gasteiger partial charge in [0.1, 0.15) is 15.7 Å². The van der Waals surface area contributed by atoms with Crippen LogP contribution in [0.25, 0.3) is 17.0 Å². The van der Waals surface area contributed by atoms with E-state index in [0.29, 0.717) is 23.7 Å². The van der Waals surface area contributed by atoms with Gasteiger partial charge in [-0.25, -0.2) is 8.42 Å². The van der Waals surface area contributed by atoms with Gasteiger partial charge in [-0.2, -0.15) is 15.9 Å². The molecule has 0 aromatic carbocycles. The number of nitrogens with one attached hydrogen (secondary N) is 1. The molecule has 0 fully saturated rings. The summed E-state index contributed by atoms with van der Waals surface area (Å²) < 4.78 is 24.5.